The summed E-state index contributed by atoms with van der Waals surface area (Å²) in [5.41, 5.74) is 1.30. The normalized spacial score (nSPS) is 10.5. The molecule has 0 heterocycles. The van der Waals surface area contributed by atoms with Crippen LogP contribution in [0.25, 0.3) is 0 Å². The molecule has 80 valence electrons. The number of carbonyl (C=O) groups is 2. The molecule has 0 saturated carbocycles. The summed E-state index contributed by atoms with van der Waals surface area (Å²) in [6.45, 7) is 3.75. The highest BCUT2D eigenvalue weighted by atomic mass is 35.5. The average molecular weight is 245 g/mol. The van der Waals surface area contributed by atoms with Crippen molar-refractivity contribution < 1.29 is 9.59 Å². The maximum atomic E-state index is 11.2. The third-order valence-electron chi connectivity index (χ3n) is 2.11. The molecule has 0 bridgehead atoms. The summed E-state index contributed by atoms with van der Waals surface area (Å²) < 4.78 is 0. The third-order valence-corrected chi connectivity index (χ3v) is 2.51. The first-order valence-electron chi connectivity index (χ1n) is 4.47. The smallest absolute Gasteiger partial charge is 0.252 e. The van der Waals surface area contributed by atoms with Crippen molar-refractivity contribution in [1.82, 2.24) is 0 Å². The summed E-state index contributed by atoms with van der Waals surface area (Å²) in [4.78, 5) is 22.3. The number of hydrogen-bond donors (Lipinski definition) is 0. The van der Waals surface area contributed by atoms with Crippen molar-refractivity contribution in [2.75, 3.05) is 0 Å². The highest BCUT2D eigenvalue weighted by Crippen LogP contribution is 2.26. The molecule has 0 atom stereocenters. The first-order valence-corrected chi connectivity index (χ1v) is 5.23. The Morgan fingerprint density at radius 2 is 1.47 bits per heavy atom. The van der Waals surface area contributed by atoms with E-state index in [-0.39, 0.29) is 5.92 Å². The zero-order valence-electron chi connectivity index (χ0n) is 8.38. The van der Waals surface area contributed by atoms with Gasteiger partial charge in [0.1, 0.15) is 0 Å². The van der Waals surface area contributed by atoms with Gasteiger partial charge in [0, 0.05) is 11.1 Å². The molecule has 1 aromatic rings. The van der Waals surface area contributed by atoms with Crippen molar-refractivity contribution in [3.05, 3.63) is 34.9 Å². The van der Waals surface area contributed by atoms with Crippen LogP contribution >= 0.6 is 23.2 Å². The summed E-state index contributed by atoms with van der Waals surface area (Å²) in [5.74, 6) is 0.0154. The van der Waals surface area contributed by atoms with Gasteiger partial charge in [-0.05, 0) is 46.8 Å². The summed E-state index contributed by atoms with van der Waals surface area (Å²) >= 11 is 10.9. The third kappa shape index (κ3) is 2.58. The molecule has 0 unspecified atom stereocenters. The fourth-order valence-corrected chi connectivity index (χ4v) is 1.86. The lowest BCUT2D eigenvalue weighted by Gasteiger charge is -2.13. The number of benzene rings is 1. The van der Waals surface area contributed by atoms with Crippen molar-refractivity contribution in [2.45, 2.75) is 19.8 Å². The van der Waals surface area contributed by atoms with E-state index in [1.54, 1.807) is 18.2 Å². The van der Waals surface area contributed by atoms with Crippen molar-refractivity contribution in [3.8, 4) is 0 Å². The van der Waals surface area contributed by atoms with Gasteiger partial charge in [0.25, 0.3) is 10.5 Å². The standard InChI is InChI=1S/C11H10Cl2O2/c1-6(2)9-7(10(12)14)4-3-5-8(9)11(13)15/h3-6H,1-2H3. The fourth-order valence-electron chi connectivity index (χ4n) is 1.53. The SMILES string of the molecule is CC(C)c1c(C(=O)Cl)cccc1C(=O)Cl. The predicted octanol–water partition coefficient (Wildman–Crippen LogP) is 3.57. The minimum absolute atomic E-state index is 0.0154. The van der Waals surface area contributed by atoms with Crippen LogP contribution in [0, 0.1) is 0 Å². The lowest BCUT2D eigenvalue weighted by Crippen LogP contribution is -2.06. The van der Waals surface area contributed by atoms with Gasteiger partial charge in [0.2, 0.25) is 0 Å². The Labute approximate surface area is 98.2 Å². The van der Waals surface area contributed by atoms with Gasteiger partial charge in [-0.3, -0.25) is 9.59 Å². The second-order valence-electron chi connectivity index (χ2n) is 3.47. The predicted molar refractivity (Wildman–Crippen MR) is 60.9 cm³/mol. The highest BCUT2D eigenvalue weighted by molar-refractivity contribution is 6.69. The van der Waals surface area contributed by atoms with E-state index in [4.69, 9.17) is 23.2 Å². The summed E-state index contributed by atoms with van der Waals surface area (Å²) in [5, 5.41) is -1.14. The quantitative estimate of drug-likeness (QED) is 0.763. The molecule has 0 amide bonds. The maximum Gasteiger partial charge on any atom is 0.252 e. The molecule has 2 nitrogen and oxygen atoms in total. The van der Waals surface area contributed by atoms with Gasteiger partial charge in [0.15, 0.2) is 0 Å². The van der Waals surface area contributed by atoms with Crippen LogP contribution in [0.15, 0.2) is 18.2 Å². The topological polar surface area (TPSA) is 34.1 Å². The minimum Gasteiger partial charge on any atom is -0.276 e. The minimum atomic E-state index is -0.571. The zero-order chi connectivity index (χ0) is 11.6. The molecule has 0 N–H and O–H groups in total. The van der Waals surface area contributed by atoms with Gasteiger partial charge in [-0.2, -0.15) is 0 Å². The Hall–Kier alpha value is -0.860. The van der Waals surface area contributed by atoms with Crippen LogP contribution in [0.2, 0.25) is 0 Å². The molecule has 0 saturated heterocycles. The monoisotopic (exact) mass is 244 g/mol. The molecule has 0 fully saturated rings. The van der Waals surface area contributed by atoms with E-state index in [0.29, 0.717) is 16.7 Å². The van der Waals surface area contributed by atoms with Gasteiger partial charge in [-0.25, -0.2) is 0 Å². The van der Waals surface area contributed by atoms with Crippen molar-refractivity contribution in [2.24, 2.45) is 0 Å². The lowest BCUT2D eigenvalue weighted by atomic mass is 9.93. The number of halogens is 2. The van der Waals surface area contributed by atoms with Gasteiger partial charge < -0.3 is 0 Å². The molecule has 0 aromatic heterocycles. The zero-order valence-corrected chi connectivity index (χ0v) is 9.89. The van der Waals surface area contributed by atoms with E-state index in [1.165, 1.54) is 0 Å². The highest BCUT2D eigenvalue weighted by Gasteiger charge is 2.18. The van der Waals surface area contributed by atoms with Crippen LogP contribution in [0.4, 0.5) is 0 Å². The van der Waals surface area contributed by atoms with E-state index < -0.39 is 10.5 Å². The van der Waals surface area contributed by atoms with E-state index in [1.807, 2.05) is 13.8 Å². The molecule has 0 radical (unpaired) electrons. The molecule has 4 heteroatoms. The van der Waals surface area contributed by atoms with E-state index in [0.717, 1.165) is 0 Å². The summed E-state index contributed by atoms with van der Waals surface area (Å²) in [6.07, 6.45) is 0. The summed E-state index contributed by atoms with van der Waals surface area (Å²) in [7, 11) is 0. The van der Waals surface area contributed by atoms with E-state index in [2.05, 4.69) is 0 Å². The van der Waals surface area contributed by atoms with Gasteiger partial charge >= 0.3 is 0 Å². The largest absolute Gasteiger partial charge is 0.276 e. The number of carbonyl (C=O) groups excluding carboxylic acids is 2. The molecular formula is C11H10Cl2O2. The number of rotatable bonds is 3. The second-order valence-corrected chi connectivity index (χ2v) is 4.16. The molecule has 15 heavy (non-hydrogen) atoms. The van der Waals surface area contributed by atoms with Crippen LogP contribution in [-0.2, 0) is 0 Å². The summed E-state index contributed by atoms with van der Waals surface area (Å²) in [6, 6.07) is 4.78. The first-order chi connectivity index (χ1) is 6.95. The molecule has 0 aliphatic rings. The maximum absolute atomic E-state index is 11.2. The Morgan fingerprint density at radius 3 is 1.73 bits per heavy atom. The Morgan fingerprint density at radius 1 is 1.07 bits per heavy atom. The van der Waals surface area contributed by atoms with Crippen LogP contribution in [0.1, 0.15) is 46.0 Å². The molecule has 1 rings (SSSR count). The Kier molecular flexibility index (Phi) is 3.89. The van der Waals surface area contributed by atoms with Gasteiger partial charge in [0.05, 0.1) is 0 Å². The first kappa shape index (κ1) is 12.2. The lowest BCUT2D eigenvalue weighted by molar-refractivity contribution is 0.108. The van der Waals surface area contributed by atoms with E-state index >= 15 is 0 Å². The average Bonchev–Trinajstić information content (AvgIpc) is 2.16. The number of hydrogen-bond acceptors (Lipinski definition) is 2. The second kappa shape index (κ2) is 4.77. The molecular weight excluding hydrogens is 235 g/mol. The Balaban J connectivity index is 3.48. The molecule has 0 spiro atoms. The molecule has 1 aromatic carbocycles. The Bertz CT molecular complexity index is 379. The van der Waals surface area contributed by atoms with Gasteiger partial charge in [-0.1, -0.05) is 19.9 Å². The van der Waals surface area contributed by atoms with Crippen LogP contribution in [0.3, 0.4) is 0 Å². The van der Waals surface area contributed by atoms with Crippen molar-refractivity contribution >= 4 is 33.7 Å². The van der Waals surface area contributed by atoms with Crippen LogP contribution < -0.4 is 0 Å². The van der Waals surface area contributed by atoms with Gasteiger partial charge in [-0.15, -0.1) is 0 Å². The molecule has 0 aliphatic carbocycles. The van der Waals surface area contributed by atoms with Crippen molar-refractivity contribution in [1.29, 1.82) is 0 Å². The van der Waals surface area contributed by atoms with Crippen molar-refractivity contribution in [3.63, 3.8) is 0 Å². The van der Waals surface area contributed by atoms with Crippen LogP contribution in [0.5, 0.6) is 0 Å². The van der Waals surface area contributed by atoms with Crippen LogP contribution in [-0.4, -0.2) is 10.5 Å². The molecule has 0 aliphatic heterocycles. The fraction of sp³-hybridized carbons (Fsp3) is 0.273. The van der Waals surface area contributed by atoms with E-state index in [9.17, 15) is 9.59 Å².